The van der Waals surface area contributed by atoms with Crippen LogP contribution in [-0.4, -0.2) is 9.97 Å². The van der Waals surface area contributed by atoms with E-state index in [0.717, 1.165) is 33.1 Å². The standard InChI is InChI=1S/C17H10Cl2N2/c18-11-3-1-10(2-4-11)16-17-14(7-8-20-17)13-6-5-12(19)9-15(13)21-16/h1-9,20H. The van der Waals surface area contributed by atoms with Gasteiger partial charge in [-0.15, -0.1) is 0 Å². The van der Waals surface area contributed by atoms with E-state index in [1.54, 1.807) is 0 Å². The maximum Gasteiger partial charge on any atom is 0.0950 e. The van der Waals surface area contributed by atoms with Gasteiger partial charge >= 0.3 is 0 Å². The van der Waals surface area contributed by atoms with Crippen molar-refractivity contribution >= 4 is 45.0 Å². The summed E-state index contributed by atoms with van der Waals surface area (Å²) in [7, 11) is 0. The Balaban J connectivity index is 2.10. The summed E-state index contributed by atoms with van der Waals surface area (Å²) in [6.45, 7) is 0. The van der Waals surface area contributed by atoms with Gasteiger partial charge < -0.3 is 4.98 Å². The van der Waals surface area contributed by atoms with Gasteiger partial charge in [-0.3, -0.25) is 0 Å². The van der Waals surface area contributed by atoms with E-state index in [4.69, 9.17) is 28.2 Å². The first-order valence-electron chi connectivity index (χ1n) is 6.55. The molecule has 0 saturated heterocycles. The van der Waals surface area contributed by atoms with E-state index in [1.165, 1.54) is 0 Å². The number of nitrogens with zero attached hydrogens (tertiary/aromatic N) is 1. The van der Waals surface area contributed by atoms with Crippen molar-refractivity contribution in [2.24, 2.45) is 0 Å². The summed E-state index contributed by atoms with van der Waals surface area (Å²) >= 11 is 12.1. The molecule has 4 rings (SSSR count). The number of hydrogen-bond donors (Lipinski definition) is 1. The molecule has 2 nitrogen and oxygen atoms in total. The SMILES string of the molecule is Clc1ccc(-c2nc3cc(Cl)ccc3c3cc[nH]c23)cc1. The van der Waals surface area contributed by atoms with Gasteiger partial charge in [0.2, 0.25) is 0 Å². The summed E-state index contributed by atoms with van der Waals surface area (Å²) in [5.74, 6) is 0. The molecular weight excluding hydrogens is 303 g/mol. The first-order chi connectivity index (χ1) is 10.2. The summed E-state index contributed by atoms with van der Waals surface area (Å²) < 4.78 is 0. The van der Waals surface area contributed by atoms with E-state index in [1.807, 2.05) is 48.7 Å². The van der Waals surface area contributed by atoms with Crippen LogP contribution in [0.15, 0.2) is 54.7 Å². The van der Waals surface area contributed by atoms with E-state index in [-0.39, 0.29) is 0 Å². The van der Waals surface area contributed by atoms with Crippen LogP contribution in [0.3, 0.4) is 0 Å². The van der Waals surface area contributed by atoms with Gasteiger partial charge in [0, 0.05) is 32.6 Å². The van der Waals surface area contributed by atoms with Crippen LogP contribution in [0.5, 0.6) is 0 Å². The predicted molar refractivity (Wildman–Crippen MR) is 89.1 cm³/mol. The maximum atomic E-state index is 6.10. The molecule has 102 valence electrons. The van der Waals surface area contributed by atoms with Crippen molar-refractivity contribution in [3.63, 3.8) is 0 Å². The largest absolute Gasteiger partial charge is 0.359 e. The summed E-state index contributed by atoms with van der Waals surface area (Å²) in [6.07, 6.45) is 1.93. The lowest BCUT2D eigenvalue weighted by Gasteiger charge is -2.07. The van der Waals surface area contributed by atoms with Gasteiger partial charge in [0.1, 0.15) is 0 Å². The van der Waals surface area contributed by atoms with Crippen LogP contribution in [0.4, 0.5) is 0 Å². The monoisotopic (exact) mass is 312 g/mol. The van der Waals surface area contributed by atoms with E-state index >= 15 is 0 Å². The van der Waals surface area contributed by atoms with Crippen molar-refractivity contribution in [3.05, 3.63) is 64.8 Å². The number of pyridine rings is 1. The number of rotatable bonds is 1. The molecule has 0 bridgehead atoms. The number of benzene rings is 2. The number of H-pyrrole nitrogens is 1. The van der Waals surface area contributed by atoms with Crippen molar-refractivity contribution in [1.29, 1.82) is 0 Å². The molecule has 0 radical (unpaired) electrons. The molecule has 4 heteroatoms. The van der Waals surface area contributed by atoms with Crippen LogP contribution in [0.25, 0.3) is 33.1 Å². The molecule has 0 aliphatic carbocycles. The van der Waals surface area contributed by atoms with Gasteiger partial charge in [-0.1, -0.05) is 41.4 Å². The molecule has 0 amide bonds. The Morgan fingerprint density at radius 3 is 2.38 bits per heavy atom. The molecule has 0 saturated carbocycles. The quantitative estimate of drug-likeness (QED) is 0.480. The van der Waals surface area contributed by atoms with E-state index < -0.39 is 0 Å². The molecular formula is C17H10Cl2N2. The first kappa shape index (κ1) is 12.7. The van der Waals surface area contributed by atoms with Crippen molar-refractivity contribution in [2.75, 3.05) is 0 Å². The van der Waals surface area contributed by atoms with Crippen LogP contribution < -0.4 is 0 Å². The van der Waals surface area contributed by atoms with Gasteiger partial charge in [-0.05, 0) is 30.3 Å². The van der Waals surface area contributed by atoms with E-state index in [9.17, 15) is 0 Å². The van der Waals surface area contributed by atoms with E-state index in [2.05, 4.69) is 11.1 Å². The number of fused-ring (bicyclic) bond motifs is 3. The van der Waals surface area contributed by atoms with Crippen LogP contribution in [0.1, 0.15) is 0 Å². The summed E-state index contributed by atoms with van der Waals surface area (Å²) in [5, 5.41) is 3.63. The highest BCUT2D eigenvalue weighted by molar-refractivity contribution is 6.31. The topological polar surface area (TPSA) is 28.7 Å². The Labute approximate surface area is 131 Å². The maximum absolute atomic E-state index is 6.10. The third-order valence-corrected chi connectivity index (χ3v) is 4.07. The first-order valence-corrected chi connectivity index (χ1v) is 7.30. The van der Waals surface area contributed by atoms with Gasteiger partial charge in [-0.25, -0.2) is 4.98 Å². The Hall–Kier alpha value is -2.03. The number of nitrogens with one attached hydrogen (secondary N) is 1. The molecule has 21 heavy (non-hydrogen) atoms. The number of aromatic amines is 1. The zero-order valence-electron chi connectivity index (χ0n) is 10.9. The van der Waals surface area contributed by atoms with Gasteiger partial charge in [0.25, 0.3) is 0 Å². The smallest absolute Gasteiger partial charge is 0.0950 e. The average Bonchev–Trinajstić information content (AvgIpc) is 2.96. The van der Waals surface area contributed by atoms with Crippen LogP contribution in [-0.2, 0) is 0 Å². The van der Waals surface area contributed by atoms with E-state index in [0.29, 0.717) is 10.0 Å². The van der Waals surface area contributed by atoms with Crippen molar-refractivity contribution < 1.29 is 0 Å². The summed E-state index contributed by atoms with van der Waals surface area (Å²) in [6, 6.07) is 15.5. The highest BCUT2D eigenvalue weighted by Gasteiger charge is 2.11. The highest BCUT2D eigenvalue weighted by Crippen LogP contribution is 2.32. The molecule has 0 atom stereocenters. The fraction of sp³-hybridized carbons (Fsp3) is 0. The Kier molecular flexibility index (Phi) is 2.88. The lowest BCUT2D eigenvalue weighted by atomic mass is 10.1. The number of halogens is 2. The molecule has 0 aliphatic heterocycles. The minimum Gasteiger partial charge on any atom is -0.359 e. The molecule has 1 N–H and O–H groups in total. The van der Waals surface area contributed by atoms with Gasteiger partial charge in [0.05, 0.1) is 16.7 Å². The number of aromatic nitrogens is 2. The second-order valence-corrected chi connectivity index (χ2v) is 5.77. The lowest BCUT2D eigenvalue weighted by Crippen LogP contribution is -1.88. The molecule has 2 aromatic carbocycles. The second-order valence-electron chi connectivity index (χ2n) is 4.90. The minimum atomic E-state index is 0.687. The van der Waals surface area contributed by atoms with Crippen LogP contribution in [0, 0.1) is 0 Å². The normalized spacial score (nSPS) is 11.3. The zero-order valence-corrected chi connectivity index (χ0v) is 12.4. The van der Waals surface area contributed by atoms with Crippen molar-refractivity contribution in [3.8, 4) is 11.3 Å². The molecule has 0 aliphatic rings. The molecule has 2 aromatic heterocycles. The molecule has 2 heterocycles. The highest BCUT2D eigenvalue weighted by atomic mass is 35.5. The summed E-state index contributed by atoms with van der Waals surface area (Å²) in [5.41, 5.74) is 3.84. The fourth-order valence-corrected chi connectivity index (χ4v) is 2.90. The summed E-state index contributed by atoms with van der Waals surface area (Å²) in [4.78, 5) is 8.06. The van der Waals surface area contributed by atoms with Crippen molar-refractivity contribution in [2.45, 2.75) is 0 Å². The Morgan fingerprint density at radius 2 is 1.57 bits per heavy atom. The van der Waals surface area contributed by atoms with Crippen LogP contribution in [0.2, 0.25) is 10.0 Å². The number of hydrogen-bond acceptors (Lipinski definition) is 1. The third-order valence-electron chi connectivity index (χ3n) is 3.58. The molecule has 0 fully saturated rings. The van der Waals surface area contributed by atoms with Gasteiger partial charge in [-0.2, -0.15) is 0 Å². The van der Waals surface area contributed by atoms with Crippen LogP contribution >= 0.6 is 23.2 Å². The average molecular weight is 313 g/mol. The Morgan fingerprint density at radius 1 is 0.810 bits per heavy atom. The Bertz CT molecular complexity index is 956. The fourth-order valence-electron chi connectivity index (χ4n) is 2.61. The second kappa shape index (κ2) is 4.76. The van der Waals surface area contributed by atoms with Crippen molar-refractivity contribution in [1.82, 2.24) is 9.97 Å². The predicted octanol–water partition coefficient (Wildman–Crippen LogP) is 5.69. The molecule has 4 aromatic rings. The minimum absolute atomic E-state index is 0.687. The molecule has 0 unspecified atom stereocenters. The van der Waals surface area contributed by atoms with Gasteiger partial charge in [0.15, 0.2) is 0 Å². The lowest BCUT2D eigenvalue weighted by molar-refractivity contribution is 1.39. The third kappa shape index (κ3) is 2.08. The zero-order chi connectivity index (χ0) is 14.4. The molecule has 0 spiro atoms.